The van der Waals surface area contributed by atoms with Gasteiger partial charge in [0, 0.05) is 18.8 Å². The molecule has 1 aliphatic heterocycles. The first-order valence-corrected chi connectivity index (χ1v) is 6.86. The molecule has 0 radical (unpaired) electrons. The highest BCUT2D eigenvalue weighted by Gasteiger charge is 2.29. The number of nitrogens with two attached hydrogens (primary N) is 1. The van der Waals surface area contributed by atoms with Crippen molar-refractivity contribution in [3.63, 3.8) is 0 Å². The van der Waals surface area contributed by atoms with E-state index < -0.39 is 0 Å². The van der Waals surface area contributed by atoms with Gasteiger partial charge in [0.05, 0.1) is 0 Å². The summed E-state index contributed by atoms with van der Waals surface area (Å²) >= 11 is 0. The van der Waals surface area contributed by atoms with Crippen molar-refractivity contribution in [2.45, 2.75) is 32.1 Å². The Kier molecular flexibility index (Phi) is 2.83. The highest BCUT2D eigenvalue weighted by Crippen LogP contribution is 2.37. The minimum absolute atomic E-state index is 0.492. The SMILES string of the molecule is CC(CN)c1cccc2c1CCN2CC1CC1. The molecule has 1 saturated carbocycles. The minimum atomic E-state index is 0.492. The largest absolute Gasteiger partial charge is 0.371 e. The van der Waals surface area contributed by atoms with E-state index in [0.717, 1.165) is 12.5 Å². The Labute approximate surface area is 104 Å². The number of rotatable bonds is 4. The van der Waals surface area contributed by atoms with Crippen molar-refractivity contribution in [2.75, 3.05) is 24.5 Å². The second kappa shape index (κ2) is 4.34. The summed E-state index contributed by atoms with van der Waals surface area (Å²) < 4.78 is 0. The van der Waals surface area contributed by atoms with Gasteiger partial charge in [0.2, 0.25) is 0 Å². The van der Waals surface area contributed by atoms with Crippen LogP contribution in [0.1, 0.15) is 36.8 Å². The van der Waals surface area contributed by atoms with E-state index in [1.165, 1.54) is 43.6 Å². The zero-order valence-corrected chi connectivity index (χ0v) is 10.7. The summed E-state index contributed by atoms with van der Waals surface area (Å²) in [4.78, 5) is 2.58. The molecular formula is C15H22N2. The lowest BCUT2D eigenvalue weighted by Crippen LogP contribution is -2.22. The zero-order chi connectivity index (χ0) is 11.8. The molecule has 1 fully saturated rings. The van der Waals surface area contributed by atoms with Crippen LogP contribution < -0.4 is 10.6 Å². The Bertz CT molecular complexity index is 409. The molecule has 92 valence electrons. The summed E-state index contributed by atoms with van der Waals surface area (Å²) in [5.41, 5.74) is 10.3. The van der Waals surface area contributed by atoms with Crippen molar-refractivity contribution in [3.05, 3.63) is 29.3 Å². The molecule has 1 unspecified atom stereocenters. The van der Waals surface area contributed by atoms with Gasteiger partial charge in [-0.25, -0.2) is 0 Å². The lowest BCUT2D eigenvalue weighted by atomic mass is 9.94. The molecule has 0 spiro atoms. The van der Waals surface area contributed by atoms with Crippen LogP contribution in [0, 0.1) is 5.92 Å². The second-order valence-electron chi connectivity index (χ2n) is 5.62. The Morgan fingerprint density at radius 3 is 2.94 bits per heavy atom. The van der Waals surface area contributed by atoms with Gasteiger partial charge in [-0.3, -0.25) is 0 Å². The van der Waals surface area contributed by atoms with E-state index in [1.54, 1.807) is 5.56 Å². The van der Waals surface area contributed by atoms with E-state index in [4.69, 9.17) is 5.73 Å². The Balaban J connectivity index is 1.88. The summed E-state index contributed by atoms with van der Waals surface area (Å²) in [5.74, 6) is 1.46. The van der Waals surface area contributed by atoms with Gasteiger partial charge in [-0.2, -0.15) is 0 Å². The van der Waals surface area contributed by atoms with E-state index in [9.17, 15) is 0 Å². The monoisotopic (exact) mass is 230 g/mol. The van der Waals surface area contributed by atoms with Crippen LogP contribution in [0.4, 0.5) is 5.69 Å². The van der Waals surface area contributed by atoms with Crippen LogP contribution in [-0.4, -0.2) is 19.6 Å². The Hall–Kier alpha value is -1.02. The van der Waals surface area contributed by atoms with Crippen LogP contribution in [0.5, 0.6) is 0 Å². The maximum absolute atomic E-state index is 5.81. The quantitative estimate of drug-likeness (QED) is 0.861. The maximum atomic E-state index is 5.81. The first kappa shape index (κ1) is 11.1. The lowest BCUT2D eigenvalue weighted by Gasteiger charge is -2.20. The fourth-order valence-corrected chi connectivity index (χ4v) is 2.92. The van der Waals surface area contributed by atoms with Crippen LogP contribution in [0.25, 0.3) is 0 Å². The van der Waals surface area contributed by atoms with Gasteiger partial charge in [-0.1, -0.05) is 19.1 Å². The number of nitrogens with zero attached hydrogens (tertiary/aromatic N) is 1. The number of hydrogen-bond donors (Lipinski definition) is 1. The van der Waals surface area contributed by atoms with Crippen molar-refractivity contribution in [1.29, 1.82) is 0 Å². The van der Waals surface area contributed by atoms with Crippen LogP contribution in [-0.2, 0) is 6.42 Å². The molecule has 2 aliphatic rings. The molecule has 0 saturated heterocycles. The van der Waals surface area contributed by atoms with E-state index in [0.29, 0.717) is 5.92 Å². The molecule has 3 rings (SSSR count). The van der Waals surface area contributed by atoms with E-state index in [2.05, 4.69) is 30.0 Å². The van der Waals surface area contributed by atoms with Gasteiger partial charge < -0.3 is 10.6 Å². The Morgan fingerprint density at radius 1 is 1.41 bits per heavy atom. The van der Waals surface area contributed by atoms with Crippen LogP contribution in [0.15, 0.2) is 18.2 Å². The van der Waals surface area contributed by atoms with E-state index in [1.807, 2.05) is 0 Å². The van der Waals surface area contributed by atoms with Gasteiger partial charge >= 0.3 is 0 Å². The first-order chi connectivity index (χ1) is 8.29. The van der Waals surface area contributed by atoms with Crippen molar-refractivity contribution < 1.29 is 0 Å². The first-order valence-electron chi connectivity index (χ1n) is 6.86. The smallest absolute Gasteiger partial charge is 0.0402 e. The molecule has 1 heterocycles. The average molecular weight is 230 g/mol. The minimum Gasteiger partial charge on any atom is -0.371 e. The lowest BCUT2D eigenvalue weighted by molar-refractivity contribution is 0.744. The number of anilines is 1. The second-order valence-corrected chi connectivity index (χ2v) is 5.62. The maximum Gasteiger partial charge on any atom is 0.0402 e. The third-order valence-electron chi connectivity index (χ3n) is 4.22. The molecule has 1 aromatic carbocycles. The summed E-state index contributed by atoms with van der Waals surface area (Å²) in [6, 6.07) is 6.75. The molecule has 0 aromatic heterocycles. The van der Waals surface area contributed by atoms with Crippen molar-refractivity contribution in [3.8, 4) is 0 Å². The molecule has 17 heavy (non-hydrogen) atoms. The van der Waals surface area contributed by atoms with Gasteiger partial charge in [-0.05, 0) is 54.8 Å². The predicted octanol–water partition coefficient (Wildman–Crippen LogP) is 2.52. The van der Waals surface area contributed by atoms with E-state index in [-0.39, 0.29) is 0 Å². The Morgan fingerprint density at radius 2 is 2.24 bits per heavy atom. The molecule has 0 amide bonds. The van der Waals surface area contributed by atoms with Gasteiger partial charge in [0.25, 0.3) is 0 Å². The summed E-state index contributed by atoms with van der Waals surface area (Å²) in [7, 11) is 0. The third-order valence-corrected chi connectivity index (χ3v) is 4.22. The van der Waals surface area contributed by atoms with Crippen LogP contribution >= 0.6 is 0 Å². The summed E-state index contributed by atoms with van der Waals surface area (Å²) in [6.07, 6.45) is 4.08. The number of benzene rings is 1. The standard InChI is InChI=1S/C15H22N2/c1-11(9-16)13-3-2-4-15-14(13)7-8-17(15)10-12-5-6-12/h2-4,11-12H,5-10,16H2,1H3. The molecule has 1 aromatic rings. The molecule has 2 heteroatoms. The van der Waals surface area contributed by atoms with Crippen molar-refractivity contribution in [2.24, 2.45) is 11.7 Å². The third kappa shape index (κ3) is 2.06. The van der Waals surface area contributed by atoms with Crippen molar-refractivity contribution >= 4 is 5.69 Å². The van der Waals surface area contributed by atoms with E-state index >= 15 is 0 Å². The highest BCUT2D eigenvalue weighted by atomic mass is 15.2. The highest BCUT2D eigenvalue weighted by molar-refractivity contribution is 5.61. The van der Waals surface area contributed by atoms with Gasteiger partial charge in [-0.15, -0.1) is 0 Å². The molecule has 2 nitrogen and oxygen atoms in total. The molecule has 2 N–H and O–H groups in total. The summed E-state index contributed by atoms with van der Waals surface area (Å²) in [5, 5.41) is 0. The van der Waals surface area contributed by atoms with Crippen LogP contribution in [0.2, 0.25) is 0 Å². The van der Waals surface area contributed by atoms with Gasteiger partial charge in [0.1, 0.15) is 0 Å². The topological polar surface area (TPSA) is 29.3 Å². The number of hydrogen-bond acceptors (Lipinski definition) is 2. The predicted molar refractivity (Wildman–Crippen MR) is 72.6 cm³/mol. The molecule has 1 aliphatic carbocycles. The molecule has 0 bridgehead atoms. The molecule has 1 atom stereocenters. The fraction of sp³-hybridized carbons (Fsp3) is 0.600. The van der Waals surface area contributed by atoms with Gasteiger partial charge in [0.15, 0.2) is 0 Å². The van der Waals surface area contributed by atoms with Crippen molar-refractivity contribution in [1.82, 2.24) is 0 Å². The van der Waals surface area contributed by atoms with Crippen LogP contribution in [0.3, 0.4) is 0 Å². The normalized spacial score (nSPS) is 20.5. The zero-order valence-electron chi connectivity index (χ0n) is 10.7. The average Bonchev–Trinajstić information content (AvgIpc) is 3.08. The fourth-order valence-electron chi connectivity index (χ4n) is 2.92. The number of fused-ring (bicyclic) bond motifs is 1. The summed E-state index contributed by atoms with van der Waals surface area (Å²) in [6.45, 7) is 5.46. The molecular weight excluding hydrogens is 208 g/mol.